The molecular weight excluding hydrogens is 168 g/mol. The molecule has 0 aliphatic heterocycles. The van der Waals surface area contributed by atoms with Crippen molar-refractivity contribution in [2.45, 2.75) is 13.8 Å². The topological polar surface area (TPSA) is 57.5 Å². The molecule has 0 heterocycles. The lowest BCUT2D eigenvalue weighted by Crippen LogP contribution is -2.17. The van der Waals surface area contributed by atoms with E-state index in [9.17, 15) is 9.90 Å². The maximum atomic E-state index is 11.4. The average Bonchev–Trinajstić information content (AvgIpc) is 2.13. The third-order valence-electron chi connectivity index (χ3n) is 2.34. The van der Waals surface area contributed by atoms with Gasteiger partial charge in [0.25, 0.3) is 0 Å². The Balaban J connectivity index is 3.35. The molecule has 13 heavy (non-hydrogen) atoms. The Bertz CT molecular complexity index is 345. The van der Waals surface area contributed by atoms with Gasteiger partial charge in [0.1, 0.15) is 5.76 Å². The molecule has 0 amide bonds. The zero-order valence-electron chi connectivity index (χ0n) is 7.72. The van der Waals surface area contributed by atoms with Crippen LogP contribution in [0.5, 0.6) is 0 Å². The van der Waals surface area contributed by atoms with Gasteiger partial charge < -0.3 is 10.2 Å². The van der Waals surface area contributed by atoms with E-state index >= 15 is 0 Å². The van der Waals surface area contributed by atoms with Crippen LogP contribution in [0.1, 0.15) is 13.8 Å². The van der Waals surface area contributed by atoms with Crippen molar-refractivity contribution >= 4 is 5.78 Å². The molecule has 0 atom stereocenters. The van der Waals surface area contributed by atoms with E-state index in [2.05, 4.69) is 6.58 Å². The van der Waals surface area contributed by atoms with Crippen molar-refractivity contribution in [3.8, 4) is 0 Å². The Morgan fingerprint density at radius 1 is 1.31 bits per heavy atom. The number of hydrogen-bond donors (Lipinski definition) is 2. The van der Waals surface area contributed by atoms with Gasteiger partial charge in [-0.2, -0.15) is 0 Å². The number of rotatable bonds is 1. The molecule has 1 rings (SSSR count). The Kier molecular flexibility index (Phi) is 2.38. The van der Waals surface area contributed by atoms with Crippen LogP contribution >= 0.6 is 0 Å². The molecule has 0 aromatic carbocycles. The summed E-state index contributed by atoms with van der Waals surface area (Å²) in [7, 11) is 0. The number of carbonyl (C=O) groups excluding carboxylic acids is 1. The lowest BCUT2D eigenvalue weighted by Gasteiger charge is -2.18. The minimum Gasteiger partial charge on any atom is -0.507 e. The van der Waals surface area contributed by atoms with Gasteiger partial charge in [-0.15, -0.1) is 0 Å². The van der Waals surface area contributed by atoms with Gasteiger partial charge in [0, 0.05) is 16.7 Å². The van der Waals surface area contributed by atoms with Gasteiger partial charge in [0.15, 0.2) is 5.78 Å². The summed E-state index contributed by atoms with van der Waals surface area (Å²) >= 11 is 0. The Labute approximate surface area is 76.7 Å². The summed E-state index contributed by atoms with van der Waals surface area (Å²) in [6.07, 6.45) is 0. The Morgan fingerprint density at radius 3 is 2.31 bits per heavy atom. The molecule has 0 aromatic heterocycles. The highest BCUT2D eigenvalue weighted by Gasteiger charge is 2.25. The first kappa shape index (κ1) is 9.74. The second-order valence-corrected chi connectivity index (χ2v) is 3.04. The molecule has 0 radical (unpaired) electrons. The van der Waals surface area contributed by atoms with Crippen LogP contribution in [-0.2, 0) is 4.79 Å². The smallest absolute Gasteiger partial charge is 0.189 e. The molecule has 0 fully saturated rings. The molecule has 3 nitrogen and oxygen atoms in total. The van der Waals surface area contributed by atoms with Crippen LogP contribution in [0, 0.1) is 0 Å². The Morgan fingerprint density at radius 2 is 1.85 bits per heavy atom. The molecule has 0 saturated carbocycles. The molecule has 0 saturated heterocycles. The van der Waals surface area contributed by atoms with E-state index in [-0.39, 0.29) is 29.3 Å². The van der Waals surface area contributed by atoms with Gasteiger partial charge in [-0.3, -0.25) is 4.79 Å². The number of ketones is 1. The highest BCUT2D eigenvalue weighted by Crippen LogP contribution is 2.28. The lowest BCUT2D eigenvalue weighted by molar-refractivity contribution is -0.112. The number of aliphatic hydroxyl groups is 2. The highest BCUT2D eigenvalue weighted by atomic mass is 16.3. The van der Waals surface area contributed by atoms with Crippen LogP contribution in [0.4, 0.5) is 0 Å². The third-order valence-corrected chi connectivity index (χ3v) is 2.34. The largest absolute Gasteiger partial charge is 0.507 e. The van der Waals surface area contributed by atoms with E-state index in [0.29, 0.717) is 11.1 Å². The van der Waals surface area contributed by atoms with Crippen LogP contribution in [0.2, 0.25) is 0 Å². The monoisotopic (exact) mass is 180 g/mol. The van der Waals surface area contributed by atoms with E-state index in [1.807, 2.05) is 0 Å². The first-order chi connectivity index (χ1) is 6.00. The predicted octanol–water partition coefficient (Wildman–Crippen LogP) is 1.27. The fourth-order valence-corrected chi connectivity index (χ4v) is 1.25. The lowest BCUT2D eigenvalue weighted by atomic mass is 9.88. The van der Waals surface area contributed by atoms with E-state index in [1.165, 1.54) is 0 Å². The molecule has 1 aliphatic carbocycles. The second-order valence-electron chi connectivity index (χ2n) is 3.04. The summed E-state index contributed by atoms with van der Waals surface area (Å²) in [6, 6.07) is 0. The fourth-order valence-electron chi connectivity index (χ4n) is 1.25. The molecule has 0 aromatic rings. The van der Waals surface area contributed by atoms with E-state index in [0.717, 1.165) is 0 Å². The van der Waals surface area contributed by atoms with Crippen LogP contribution in [0.3, 0.4) is 0 Å². The third kappa shape index (κ3) is 1.31. The molecule has 0 unspecified atom stereocenters. The maximum Gasteiger partial charge on any atom is 0.189 e. The summed E-state index contributed by atoms with van der Waals surface area (Å²) in [5.74, 6) is -0.232. The second kappa shape index (κ2) is 3.18. The SMILES string of the molecule is C=C1C(=O)C(C)=C(C)C(O)=C1CO. The molecule has 0 spiro atoms. The molecule has 0 bridgehead atoms. The van der Waals surface area contributed by atoms with Crippen LogP contribution in [0.15, 0.2) is 34.6 Å². The summed E-state index contributed by atoms with van der Waals surface area (Å²) in [4.78, 5) is 11.4. The van der Waals surface area contributed by atoms with Gasteiger partial charge in [-0.05, 0) is 19.4 Å². The van der Waals surface area contributed by atoms with Crippen molar-refractivity contribution in [1.29, 1.82) is 0 Å². The standard InChI is InChI=1S/C10H12O3/c1-5-6(2)10(13)8(4-11)7(3)9(5)12/h11,13H,3-4H2,1-2H3. The molecule has 2 N–H and O–H groups in total. The molecular formula is C10H12O3. The van der Waals surface area contributed by atoms with Crippen LogP contribution in [-0.4, -0.2) is 22.6 Å². The van der Waals surface area contributed by atoms with Gasteiger partial charge in [-0.1, -0.05) is 6.58 Å². The number of carbonyl (C=O) groups is 1. The Hall–Kier alpha value is -1.35. The van der Waals surface area contributed by atoms with Gasteiger partial charge >= 0.3 is 0 Å². The van der Waals surface area contributed by atoms with Crippen LogP contribution in [0.25, 0.3) is 0 Å². The number of aliphatic hydroxyl groups excluding tert-OH is 2. The van der Waals surface area contributed by atoms with Crippen molar-refractivity contribution in [3.05, 3.63) is 34.6 Å². The maximum absolute atomic E-state index is 11.4. The molecule has 1 aliphatic rings. The van der Waals surface area contributed by atoms with Gasteiger partial charge in [0.05, 0.1) is 6.61 Å². The normalized spacial score (nSPS) is 18.7. The summed E-state index contributed by atoms with van der Waals surface area (Å²) in [5, 5.41) is 18.4. The zero-order valence-corrected chi connectivity index (χ0v) is 7.72. The molecule has 3 heteroatoms. The number of hydrogen-bond acceptors (Lipinski definition) is 3. The van der Waals surface area contributed by atoms with Gasteiger partial charge in [-0.25, -0.2) is 0 Å². The van der Waals surface area contributed by atoms with Crippen molar-refractivity contribution in [1.82, 2.24) is 0 Å². The van der Waals surface area contributed by atoms with Crippen molar-refractivity contribution in [3.63, 3.8) is 0 Å². The first-order valence-electron chi connectivity index (χ1n) is 3.95. The van der Waals surface area contributed by atoms with E-state index in [1.54, 1.807) is 13.8 Å². The number of allylic oxidation sites excluding steroid dienone is 2. The van der Waals surface area contributed by atoms with Crippen molar-refractivity contribution in [2.75, 3.05) is 6.61 Å². The van der Waals surface area contributed by atoms with Crippen molar-refractivity contribution in [2.24, 2.45) is 0 Å². The first-order valence-corrected chi connectivity index (χ1v) is 3.95. The summed E-state index contributed by atoms with van der Waals surface area (Å²) in [5.41, 5.74) is 1.41. The van der Waals surface area contributed by atoms with Crippen molar-refractivity contribution < 1.29 is 15.0 Å². The molecule has 70 valence electrons. The number of Topliss-reactive ketones (excluding diaryl/α,β-unsaturated/α-hetero) is 1. The zero-order chi connectivity index (χ0) is 10.2. The highest BCUT2D eigenvalue weighted by molar-refractivity contribution is 6.12. The quantitative estimate of drug-likeness (QED) is 0.597. The van der Waals surface area contributed by atoms with E-state index in [4.69, 9.17) is 5.11 Å². The van der Waals surface area contributed by atoms with Gasteiger partial charge in [0.2, 0.25) is 0 Å². The fraction of sp³-hybridized carbons (Fsp3) is 0.300. The van der Waals surface area contributed by atoms with Crippen LogP contribution < -0.4 is 0 Å². The summed E-state index contributed by atoms with van der Waals surface area (Å²) < 4.78 is 0. The minimum atomic E-state index is -0.360. The van der Waals surface area contributed by atoms with E-state index < -0.39 is 0 Å². The minimum absolute atomic E-state index is 0.0235. The predicted molar refractivity (Wildman–Crippen MR) is 49.3 cm³/mol. The summed E-state index contributed by atoms with van der Waals surface area (Å²) in [6.45, 7) is 6.44. The average molecular weight is 180 g/mol.